The summed E-state index contributed by atoms with van der Waals surface area (Å²) >= 11 is 0. The van der Waals surface area contributed by atoms with Crippen LogP contribution in [0.4, 0.5) is 4.39 Å². The van der Waals surface area contributed by atoms with Crippen molar-refractivity contribution in [2.24, 2.45) is 11.8 Å². The van der Waals surface area contributed by atoms with E-state index in [0.29, 0.717) is 6.54 Å². The lowest BCUT2D eigenvalue weighted by Gasteiger charge is -2.19. The van der Waals surface area contributed by atoms with E-state index in [1.165, 1.54) is 31.4 Å². The molecular weight excluding hydrogens is 244 g/mol. The highest BCUT2D eigenvalue weighted by Crippen LogP contribution is 2.38. The predicted octanol–water partition coefficient (Wildman–Crippen LogP) is 0.737. The molecular formula is C14H19BFNO2. The zero-order valence-electron chi connectivity index (χ0n) is 10.9. The minimum atomic E-state index is -1.60. The molecule has 2 unspecified atom stereocenters. The van der Waals surface area contributed by atoms with Gasteiger partial charge in [-0.25, -0.2) is 4.39 Å². The van der Waals surface area contributed by atoms with Crippen molar-refractivity contribution in [1.82, 2.24) is 4.90 Å². The Labute approximate surface area is 113 Å². The normalized spacial score (nSPS) is 26.7. The Morgan fingerprint density at radius 2 is 1.89 bits per heavy atom. The first kappa shape index (κ1) is 13.1. The molecule has 0 amide bonds. The molecule has 0 bridgehead atoms. The molecule has 3 nitrogen and oxygen atoms in total. The maximum Gasteiger partial charge on any atom is 0.488 e. The zero-order valence-corrected chi connectivity index (χ0v) is 10.9. The fraction of sp³-hybridized carbons (Fsp3) is 0.571. The fourth-order valence-electron chi connectivity index (χ4n) is 3.65. The van der Waals surface area contributed by atoms with Crippen LogP contribution < -0.4 is 5.46 Å². The largest absolute Gasteiger partial charge is 0.488 e. The summed E-state index contributed by atoms with van der Waals surface area (Å²) in [5, 5.41) is 18.7. The lowest BCUT2D eigenvalue weighted by atomic mass is 9.77. The van der Waals surface area contributed by atoms with E-state index in [2.05, 4.69) is 4.90 Å². The first-order valence-electron chi connectivity index (χ1n) is 7.00. The van der Waals surface area contributed by atoms with Crippen molar-refractivity contribution in [2.45, 2.75) is 25.8 Å². The van der Waals surface area contributed by atoms with Crippen LogP contribution in [-0.2, 0) is 6.54 Å². The van der Waals surface area contributed by atoms with E-state index in [-0.39, 0.29) is 5.46 Å². The van der Waals surface area contributed by atoms with Gasteiger partial charge in [-0.1, -0.05) is 12.5 Å². The summed E-state index contributed by atoms with van der Waals surface area (Å²) in [6.07, 6.45) is 3.99. The van der Waals surface area contributed by atoms with Gasteiger partial charge in [-0.05, 0) is 47.8 Å². The summed E-state index contributed by atoms with van der Waals surface area (Å²) in [6.45, 7) is 2.85. The minimum Gasteiger partial charge on any atom is -0.423 e. The summed E-state index contributed by atoms with van der Waals surface area (Å²) in [6, 6.07) is 4.27. The van der Waals surface area contributed by atoms with Gasteiger partial charge < -0.3 is 10.0 Å². The summed E-state index contributed by atoms with van der Waals surface area (Å²) in [7, 11) is -1.60. The van der Waals surface area contributed by atoms with Crippen molar-refractivity contribution in [3.63, 3.8) is 0 Å². The number of benzene rings is 1. The average molecular weight is 263 g/mol. The molecule has 3 rings (SSSR count). The fourth-order valence-corrected chi connectivity index (χ4v) is 3.65. The van der Waals surface area contributed by atoms with Gasteiger partial charge in [0.1, 0.15) is 5.82 Å². The van der Waals surface area contributed by atoms with E-state index >= 15 is 0 Å². The maximum absolute atomic E-state index is 13.2. The Balaban J connectivity index is 1.73. The Bertz CT molecular complexity index is 457. The van der Waals surface area contributed by atoms with Crippen LogP contribution in [0.1, 0.15) is 24.8 Å². The summed E-state index contributed by atoms with van der Waals surface area (Å²) < 4.78 is 13.2. The molecule has 1 heterocycles. The number of fused-ring (bicyclic) bond motifs is 1. The van der Waals surface area contributed by atoms with Crippen LogP contribution >= 0.6 is 0 Å². The first-order valence-corrected chi connectivity index (χ1v) is 7.00. The Morgan fingerprint density at radius 3 is 2.53 bits per heavy atom. The number of rotatable bonds is 3. The quantitative estimate of drug-likeness (QED) is 0.790. The van der Waals surface area contributed by atoms with Crippen LogP contribution in [0, 0.1) is 17.7 Å². The van der Waals surface area contributed by atoms with E-state index < -0.39 is 12.9 Å². The zero-order chi connectivity index (χ0) is 13.4. The van der Waals surface area contributed by atoms with E-state index in [4.69, 9.17) is 0 Å². The third-order valence-corrected chi connectivity index (χ3v) is 4.58. The lowest BCUT2D eigenvalue weighted by molar-refractivity contribution is 0.303. The highest BCUT2D eigenvalue weighted by atomic mass is 19.1. The monoisotopic (exact) mass is 263 g/mol. The van der Waals surface area contributed by atoms with Crippen LogP contribution in [0.3, 0.4) is 0 Å². The summed E-state index contributed by atoms with van der Waals surface area (Å²) in [5.74, 6) is 1.19. The van der Waals surface area contributed by atoms with Crippen LogP contribution in [0.15, 0.2) is 18.2 Å². The highest BCUT2D eigenvalue weighted by molar-refractivity contribution is 6.59. The van der Waals surface area contributed by atoms with Gasteiger partial charge in [0.25, 0.3) is 0 Å². The van der Waals surface area contributed by atoms with Gasteiger partial charge in [-0.3, -0.25) is 4.90 Å². The number of halogens is 1. The van der Waals surface area contributed by atoms with Gasteiger partial charge in [-0.2, -0.15) is 0 Å². The van der Waals surface area contributed by atoms with Crippen molar-refractivity contribution in [3.8, 4) is 0 Å². The molecule has 1 aromatic carbocycles. The molecule has 1 saturated carbocycles. The van der Waals surface area contributed by atoms with Crippen molar-refractivity contribution >= 4 is 12.6 Å². The van der Waals surface area contributed by atoms with Crippen molar-refractivity contribution in [1.29, 1.82) is 0 Å². The minimum absolute atomic E-state index is 0.289. The first-order chi connectivity index (χ1) is 9.13. The number of hydrogen-bond donors (Lipinski definition) is 2. The second-order valence-corrected chi connectivity index (χ2v) is 5.86. The molecule has 2 atom stereocenters. The van der Waals surface area contributed by atoms with Gasteiger partial charge >= 0.3 is 7.12 Å². The molecule has 0 aromatic heterocycles. The van der Waals surface area contributed by atoms with Crippen molar-refractivity contribution < 1.29 is 14.4 Å². The molecule has 1 aromatic rings. The molecule has 102 valence electrons. The Kier molecular flexibility index (Phi) is 3.61. The number of hydrogen-bond acceptors (Lipinski definition) is 3. The second-order valence-electron chi connectivity index (χ2n) is 5.86. The average Bonchev–Trinajstić information content (AvgIpc) is 2.91. The predicted molar refractivity (Wildman–Crippen MR) is 72.3 cm³/mol. The van der Waals surface area contributed by atoms with Gasteiger partial charge in [0.2, 0.25) is 0 Å². The topological polar surface area (TPSA) is 43.7 Å². The molecule has 1 aliphatic heterocycles. The van der Waals surface area contributed by atoms with Crippen LogP contribution in [0.5, 0.6) is 0 Å². The summed E-state index contributed by atoms with van der Waals surface area (Å²) in [4.78, 5) is 2.35. The molecule has 1 saturated heterocycles. The Hall–Kier alpha value is -0.905. The van der Waals surface area contributed by atoms with Gasteiger partial charge in [0.15, 0.2) is 0 Å². The molecule has 5 heteroatoms. The van der Waals surface area contributed by atoms with Gasteiger partial charge in [-0.15, -0.1) is 0 Å². The molecule has 2 fully saturated rings. The Morgan fingerprint density at radius 1 is 1.21 bits per heavy atom. The lowest BCUT2D eigenvalue weighted by Crippen LogP contribution is -2.36. The smallest absolute Gasteiger partial charge is 0.423 e. The van der Waals surface area contributed by atoms with Gasteiger partial charge in [0.05, 0.1) is 0 Å². The van der Waals surface area contributed by atoms with Crippen molar-refractivity contribution in [3.05, 3.63) is 29.6 Å². The maximum atomic E-state index is 13.2. The standard InChI is InChI=1S/C14H19BFNO2/c16-13-5-4-12(14(6-13)15(18)19)9-17-7-10-2-1-3-11(10)8-17/h4-6,10-11,18-19H,1-3,7-9H2. The third kappa shape index (κ3) is 2.68. The van der Waals surface area contributed by atoms with E-state index in [1.807, 2.05) is 0 Å². The molecule has 2 aliphatic rings. The van der Waals surface area contributed by atoms with Crippen molar-refractivity contribution in [2.75, 3.05) is 13.1 Å². The molecule has 1 aliphatic carbocycles. The number of nitrogens with zero attached hydrogens (tertiary/aromatic N) is 1. The van der Waals surface area contributed by atoms with Crippen LogP contribution in [0.25, 0.3) is 0 Å². The second kappa shape index (κ2) is 5.23. The van der Waals surface area contributed by atoms with Crippen LogP contribution in [-0.4, -0.2) is 35.2 Å². The molecule has 0 spiro atoms. The summed E-state index contributed by atoms with van der Waals surface area (Å²) in [5.41, 5.74) is 1.11. The van der Waals surface area contributed by atoms with E-state index in [9.17, 15) is 14.4 Å². The molecule has 2 N–H and O–H groups in total. The van der Waals surface area contributed by atoms with Gasteiger partial charge in [0, 0.05) is 19.6 Å². The van der Waals surface area contributed by atoms with E-state index in [0.717, 1.165) is 30.5 Å². The molecule has 19 heavy (non-hydrogen) atoms. The van der Waals surface area contributed by atoms with E-state index in [1.54, 1.807) is 6.07 Å². The van der Waals surface area contributed by atoms with Crippen LogP contribution in [0.2, 0.25) is 0 Å². The third-order valence-electron chi connectivity index (χ3n) is 4.58. The highest BCUT2D eigenvalue weighted by Gasteiger charge is 2.36. The molecule has 0 radical (unpaired) electrons. The SMILES string of the molecule is OB(O)c1cc(F)ccc1CN1CC2CCCC2C1. The number of likely N-dealkylation sites (tertiary alicyclic amines) is 1.